The molecule has 0 bridgehead atoms. The average molecular weight is 345 g/mol. The van der Waals surface area contributed by atoms with E-state index in [9.17, 15) is 9.59 Å². The molecule has 2 aromatic heterocycles. The number of ketones is 2. The largest absolute Gasteiger partial charge is 0.494 e. The van der Waals surface area contributed by atoms with Gasteiger partial charge in [0.2, 0.25) is 11.6 Å². The van der Waals surface area contributed by atoms with Crippen LogP contribution < -0.4 is 4.74 Å². The molecule has 6 nitrogen and oxygen atoms in total. The lowest BCUT2D eigenvalue weighted by molar-refractivity contribution is 0.0996. The Hall–Kier alpha value is -3.54. The summed E-state index contributed by atoms with van der Waals surface area (Å²) in [6.07, 6.45) is 2.97. The van der Waals surface area contributed by atoms with Crippen molar-refractivity contribution in [2.45, 2.75) is 6.92 Å². The quantitative estimate of drug-likeness (QED) is 0.784. The monoisotopic (exact) mass is 345 g/mol. The highest BCUT2D eigenvalue weighted by Crippen LogP contribution is 2.29. The van der Waals surface area contributed by atoms with Gasteiger partial charge in [0.25, 0.3) is 0 Å². The van der Waals surface area contributed by atoms with Crippen LogP contribution in [-0.2, 0) is 0 Å². The Kier molecular flexibility index (Phi) is 3.93. The van der Waals surface area contributed by atoms with Gasteiger partial charge < -0.3 is 9.72 Å². The van der Waals surface area contributed by atoms with E-state index < -0.39 is 0 Å². The molecule has 1 N–H and O–H groups in total. The van der Waals surface area contributed by atoms with Gasteiger partial charge in [0.15, 0.2) is 5.82 Å². The maximum absolute atomic E-state index is 12.9. The number of aromatic nitrogens is 3. The number of aromatic amines is 1. The second-order valence-corrected chi connectivity index (χ2v) is 5.73. The Morgan fingerprint density at radius 2 is 1.88 bits per heavy atom. The summed E-state index contributed by atoms with van der Waals surface area (Å²) in [4.78, 5) is 36.8. The molecule has 0 amide bonds. The van der Waals surface area contributed by atoms with Crippen molar-refractivity contribution in [1.29, 1.82) is 0 Å². The third kappa shape index (κ3) is 2.71. The predicted octanol–water partition coefficient (Wildman–Crippen LogP) is 3.33. The van der Waals surface area contributed by atoms with E-state index >= 15 is 0 Å². The zero-order valence-corrected chi connectivity index (χ0v) is 14.0. The first kappa shape index (κ1) is 16.0. The number of carbonyl (C=O) groups excluding carboxylic acids is 2. The lowest BCUT2D eigenvalue weighted by Crippen LogP contribution is -2.16. The van der Waals surface area contributed by atoms with Crippen molar-refractivity contribution in [3.63, 3.8) is 0 Å². The number of fused-ring (bicyclic) bond motifs is 1. The summed E-state index contributed by atoms with van der Waals surface area (Å²) < 4.78 is 5.41. The minimum absolute atomic E-state index is 0.130. The van der Waals surface area contributed by atoms with E-state index in [1.165, 1.54) is 6.08 Å². The first-order valence-electron chi connectivity index (χ1n) is 8.22. The highest BCUT2D eigenvalue weighted by molar-refractivity contribution is 6.37. The Balaban J connectivity index is 1.71. The van der Waals surface area contributed by atoms with Crippen molar-refractivity contribution < 1.29 is 14.3 Å². The number of allylic oxidation sites excluding steroid dienone is 2. The van der Waals surface area contributed by atoms with Crippen LogP contribution >= 0.6 is 0 Å². The van der Waals surface area contributed by atoms with Crippen molar-refractivity contribution in [2.24, 2.45) is 0 Å². The number of imidazole rings is 1. The topological polar surface area (TPSA) is 84.9 Å². The molecule has 1 aromatic carbocycles. The van der Waals surface area contributed by atoms with Gasteiger partial charge in [-0.15, -0.1) is 0 Å². The fraction of sp³-hybridized carbons (Fsp3) is 0.100. The number of nitrogens with one attached hydrogen (secondary N) is 1. The minimum atomic E-state index is -0.304. The lowest BCUT2D eigenvalue weighted by atomic mass is 9.92. The first-order chi connectivity index (χ1) is 12.7. The zero-order valence-electron chi connectivity index (χ0n) is 14.0. The summed E-state index contributed by atoms with van der Waals surface area (Å²) in [7, 11) is 0. The van der Waals surface area contributed by atoms with Crippen LogP contribution in [0.5, 0.6) is 5.75 Å². The van der Waals surface area contributed by atoms with Crippen LogP contribution in [0.15, 0.2) is 54.7 Å². The van der Waals surface area contributed by atoms with Crippen LogP contribution in [-0.4, -0.2) is 33.1 Å². The second-order valence-electron chi connectivity index (χ2n) is 5.73. The molecule has 1 aliphatic rings. The highest BCUT2D eigenvalue weighted by Gasteiger charge is 2.30. The van der Waals surface area contributed by atoms with Crippen molar-refractivity contribution in [2.75, 3.05) is 6.61 Å². The van der Waals surface area contributed by atoms with Crippen LogP contribution in [0.3, 0.4) is 0 Å². The lowest BCUT2D eigenvalue weighted by Gasteiger charge is -2.11. The summed E-state index contributed by atoms with van der Waals surface area (Å²) in [5.74, 6) is 0.546. The summed E-state index contributed by atoms with van der Waals surface area (Å²) in [5, 5.41) is 0. The molecule has 0 spiro atoms. The standard InChI is InChI=1S/C20H15N3O3/c1-2-26-13-8-6-12(7-9-13)14-11-16(24)17-18(19(14)25)23-20(22-17)15-5-3-4-10-21-15/h3-11H,2H2,1H3,(H,22,23). The van der Waals surface area contributed by atoms with Crippen LogP contribution in [0.4, 0.5) is 0 Å². The zero-order chi connectivity index (χ0) is 18.1. The molecular weight excluding hydrogens is 330 g/mol. The number of rotatable bonds is 4. The molecule has 0 fully saturated rings. The van der Waals surface area contributed by atoms with E-state index in [4.69, 9.17) is 4.74 Å². The van der Waals surface area contributed by atoms with Gasteiger partial charge in [-0.25, -0.2) is 4.98 Å². The normalized spacial score (nSPS) is 13.3. The van der Waals surface area contributed by atoms with Gasteiger partial charge in [-0.2, -0.15) is 0 Å². The minimum Gasteiger partial charge on any atom is -0.494 e. The van der Waals surface area contributed by atoms with Crippen molar-refractivity contribution in [1.82, 2.24) is 15.0 Å². The van der Waals surface area contributed by atoms with Gasteiger partial charge in [0.1, 0.15) is 22.8 Å². The van der Waals surface area contributed by atoms with Crippen LogP contribution in [0.2, 0.25) is 0 Å². The van der Waals surface area contributed by atoms with Gasteiger partial charge in [0, 0.05) is 11.8 Å². The molecule has 6 heteroatoms. The molecule has 128 valence electrons. The Bertz CT molecular complexity index is 1020. The Morgan fingerprint density at radius 3 is 2.58 bits per heavy atom. The predicted molar refractivity (Wildman–Crippen MR) is 96.1 cm³/mol. The van der Waals surface area contributed by atoms with E-state index in [0.717, 1.165) is 0 Å². The molecule has 0 radical (unpaired) electrons. The number of nitrogens with zero attached hydrogens (tertiary/aromatic N) is 2. The van der Waals surface area contributed by atoms with Crippen LogP contribution in [0.1, 0.15) is 33.5 Å². The number of H-pyrrole nitrogens is 1. The fourth-order valence-electron chi connectivity index (χ4n) is 2.85. The molecule has 0 unspecified atom stereocenters. The van der Waals surface area contributed by atoms with E-state index in [1.807, 2.05) is 13.0 Å². The number of ether oxygens (including phenoxy) is 1. The first-order valence-corrected chi connectivity index (χ1v) is 8.22. The number of pyridine rings is 1. The SMILES string of the molecule is CCOc1ccc(C2=CC(=O)c3nc(-c4ccccn4)[nH]c3C2=O)cc1. The van der Waals surface area contributed by atoms with Gasteiger partial charge in [-0.05, 0) is 42.8 Å². The van der Waals surface area contributed by atoms with Gasteiger partial charge in [-0.3, -0.25) is 14.6 Å². The van der Waals surface area contributed by atoms with Crippen molar-refractivity contribution in [3.8, 4) is 17.3 Å². The maximum Gasteiger partial charge on any atom is 0.212 e. The molecule has 2 heterocycles. The van der Waals surface area contributed by atoms with E-state index in [-0.39, 0.29) is 23.0 Å². The van der Waals surface area contributed by atoms with Crippen molar-refractivity contribution in [3.05, 3.63) is 71.7 Å². The number of hydrogen-bond acceptors (Lipinski definition) is 5. The maximum atomic E-state index is 12.9. The molecule has 4 rings (SSSR count). The summed E-state index contributed by atoms with van der Waals surface area (Å²) in [6, 6.07) is 12.5. The third-order valence-corrected chi connectivity index (χ3v) is 4.07. The second kappa shape index (κ2) is 6.40. The highest BCUT2D eigenvalue weighted by atomic mass is 16.5. The summed E-state index contributed by atoms with van der Waals surface area (Å²) in [5.41, 5.74) is 1.89. The molecule has 0 aliphatic heterocycles. The smallest absolute Gasteiger partial charge is 0.212 e. The molecule has 3 aromatic rings. The van der Waals surface area contributed by atoms with Crippen LogP contribution in [0.25, 0.3) is 17.1 Å². The molecule has 0 saturated carbocycles. The van der Waals surface area contributed by atoms with Gasteiger partial charge >= 0.3 is 0 Å². The van der Waals surface area contributed by atoms with Gasteiger partial charge in [-0.1, -0.05) is 18.2 Å². The number of hydrogen-bond donors (Lipinski definition) is 1. The molecule has 1 aliphatic carbocycles. The van der Waals surface area contributed by atoms with E-state index in [0.29, 0.717) is 35.0 Å². The average Bonchev–Trinajstić information content (AvgIpc) is 3.13. The third-order valence-electron chi connectivity index (χ3n) is 4.07. The number of Topliss-reactive ketones (excluding diaryl/α,β-unsaturated/α-hetero) is 1. The Morgan fingerprint density at radius 1 is 1.08 bits per heavy atom. The van der Waals surface area contributed by atoms with Crippen LogP contribution in [0, 0.1) is 0 Å². The fourth-order valence-corrected chi connectivity index (χ4v) is 2.85. The molecule has 0 saturated heterocycles. The van der Waals surface area contributed by atoms with E-state index in [1.54, 1.807) is 42.6 Å². The molecular formula is C20H15N3O3. The van der Waals surface area contributed by atoms with Crippen molar-refractivity contribution >= 4 is 17.1 Å². The number of carbonyl (C=O) groups is 2. The Labute approximate surface area is 149 Å². The van der Waals surface area contributed by atoms with Gasteiger partial charge in [0.05, 0.1) is 6.61 Å². The summed E-state index contributed by atoms with van der Waals surface area (Å²) in [6.45, 7) is 2.46. The molecule has 0 atom stereocenters. The number of benzene rings is 1. The van der Waals surface area contributed by atoms with E-state index in [2.05, 4.69) is 15.0 Å². The molecule has 26 heavy (non-hydrogen) atoms. The summed E-state index contributed by atoms with van der Waals surface area (Å²) >= 11 is 0.